The summed E-state index contributed by atoms with van der Waals surface area (Å²) in [6, 6.07) is 1.73. The van der Waals surface area contributed by atoms with E-state index in [1.54, 1.807) is 6.07 Å². The zero-order valence-corrected chi connectivity index (χ0v) is 10.7. The van der Waals surface area contributed by atoms with Crippen LogP contribution in [-0.4, -0.2) is 36.5 Å². The molecule has 0 radical (unpaired) electrons. The Bertz CT molecular complexity index is 535. The number of aromatic nitrogens is 1. The van der Waals surface area contributed by atoms with Crippen LogP contribution in [0, 0.1) is 19.3 Å². The Morgan fingerprint density at radius 1 is 1.65 bits per heavy atom. The fourth-order valence-corrected chi connectivity index (χ4v) is 1.53. The molecule has 0 amide bonds. The molecule has 0 aliphatic heterocycles. The molecule has 0 aromatic carbocycles. The Morgan fingerprint density at radius 3 is 2.82 bits per heavy atom. The highest BCUT2D eigenvalue weighted by Crippen LogP contribution is 2.14. The number of hydrogen-bond donors (Lipinski definition) is 1. The van der Waals surface area contributed by atoms with Crippen LogP contribution >= 0.6 is 0 Å². The second-order valence-corrected chi connectivity index (χ2v) is 3.97. The minimum absolute atomic E-state index is 0.217. The van der Waals surface area contributed by atoms with Crippen LogP contribution in [0.1, 0.15) is 18.2 Å². The lowest BCUT2D eigenvalue weighted by Gasteiger charge is -2.11. The van der Waals surface area contributed by atoms with Crippen molar-refractivity contribution in [2.75, 3.05) is 25.5 Å². The highest BCUT2D eigenvalue weighted by atomic mass is 16.1. The molecule has 4 heteroatoms. The van der Waals surface area contributed by atoms with Crippen molar-refractivity contribution in [3.05, 3.63) is 27.7 Å². The molecule has 17 heavy (non-hydrogen) atoms. The second-order valence-electron chi connectivity index (χ2n) is 3.97. The number of aromatic amines is 1. The number of aryl methyl sites for hydroxylation is 1. The minimum atomic E-state index is -0.217. The minimum Gasteiger partial charge on any atom is -0.321 e. The van der Waals surface area contributed by atoms with Crippen molar-refractivity contribution in [2.24, 2.45) is 0 Å². The zero-order valence-electron chi connectivity index (χ0n) is 10.7. The van der Waals surface area contributed by atoms with E-state index in [9.17, 15) is 4.79 Å². The number of H-pyrrole nitrogens is 1. The summed E-state index contributed by atoms with van der Waals surface area (Å²) in [5.74, 6) is 2.39. The van der Waals surface area contributed by atoms with E-state index in [0.717, 1.165) is 17.9 Å². The molecule has 1 aromatic heterocycles. The first-order chi connectivity index (χ1) is 7.99. The maximum Gasteiger partial charge on any atom is 0.264 e. The molecule has 0 saturated carbocycles. The van der Waals surface area contributed by atoms with Gasteiger partial charge in [-0.2, -0.15) is 0 Å². The third-order valence-electron chi connectivity index (χ3n) is 2.62. The zero-order chi connectivity index (χ0) is 13.0. The van der Waals surface area contributed by atoms with Crippen LogP contribution in [0.3, 0.4) is 0 Å². The van der Waals surface area contributed by atoms with Gasteiger partial charge in [-0.3, -0.25) is 9.37 Å². The molecule has 0 fully saturated rings. The molecule has 90 valence electrons. The molecule has 1 rings (SSSR count). The fourth-order valence-electron chi connectivity index (χ4n) is 1.53. The largest absolute Gasteiger partial charge is 0.321 e. The Kier molecular flexibility index (Phi) is 4.11. The van der Waals surface area contributed by atoms with E-state index in [1.165, 1.54) is 0 Å². The molecule has 0 aliphatic rings. The van der Waals surface area contributed by atoms with E-state index in [1.807, 2.05) is 36.8 Å². The summed E-state index contributed by atoms with van der Waals surface area (Å²) in [5.41, 5.74) is 1.84. The first-order valence-electron chi connectivity index (χ1n) is 5.48. The van der Waals surface area contributed by atoms with Gasteiger partial charge >= 0.3 is 0 Å². The van der Waals surface area contributed by atoms with Gasteiger partial charge in [0.15, 0.2) is 0 Å². The van der Waals surface area contributed by atoms with Gasteiger partial charge in [0.25, 0.3) is 5.56 Å². The normalized spacial score (nSPS) is 11.1. The summed E-state index contributed by atoms with van der Waals surface area (Å²) in [5, 5.41) is 0. The van der Waals surface area contributed by atoms with Gasteiger partial charge in [-0.15, -0.1) is 6.42 Å². The molecule has 1 aromatic rings. The average molecular weight is 232 g/mol. The number of pyridine rings is 1. The number of hydrogen-bond acceptors (Lipinski definition) is 1. The lowest BCUT2D eigenvalue weighted by molar-refractivity contribution is -0.489. The van der Waals surface area contributed by atoms with Gasteiger partial charge in [0.1, 0.15) is 5.69 Å². The van der Waals surface area contributed by atoms with E-state index >= 15 is 0 Å². The topological polar surface area (TPSA) is 39.1 Å². The molecule has 4 nitrogen and oxygen atoms in total. The Morgan fingerprint density at radius 2 is 2.29 bits per heavy atom. The van der Waals surface area contributed by atoms with Crippen molar-refractivity contribution < 1.29 is 4.58 Å². The smallest absolute Gasteiger partial charge is 0.264 e. The van der Waals surface area contributed by atoms with Crippen molar-refractivity contribution in [3.63, 3.8) is 0 Å². The summed E-state index contributed by atoms with van der Waals surface area (Å²) in [7, 11) is 3.91. The number of nitrogens with one attached hydrogen (secondary N) is 1. The van der Waals surface area contributed by atoms with Gasteiger partial charge < -0.3 is 4.98 Å². The Balaban J connectivity index is 3.24. The molecular weight excluding hydrogens is 214 g/mol. The predicted octanol–water partition coefficient (Wildman–Crippen LogP) is 0.791. The second kappa shape index (κ2) is 5.35. The first-order valence-corrected chi connectivity index (χ1v) is 5.48. The van der Waals surface area contributed by atoms with E-state index in [4.69, 9.17) is 6.42 Å². The van der Waals surface area contributed by atoms with Crippen molar-refractivity contribution in [2.45, 2.75) is 13.8 Å². The van der Waals surface area contributed by atoms with E-state index in [0.29, 0.717) is 5.56 Å². The maximum atomic E-state index is 11.5. The molecule has 0 saturated heterocycles. The molecule has 0 bridgehead atoms. The summed E-state index contributed by atoms with van der Waals surface area (Å²) in [4.78, 5) is 16.2. The van der Waals surface area contributed by atoms with Crippen molar-refractivity contribution in [3.8, 4) is 12.3 Å². The molecule has 0 aliphatic carbocycles. The lowest BCUT2D eigenvalue weighted by atomic mass is 10.2. The van der Waals surface area contributed by atoms with Crippen molar-refractivity contribution in [1.82, 2.24) is 4.98 Å². The van der Waals surface area contributed by atoms with Crippen LogP contribution in [0.5, 0.6) is 0 Å². The number of anilines is 1. The number of nitrogens with zero attached hydrogens (tertiary/aromatic N) is 2. The molecule has 1 N–H and O–H groups in total. The number of terminal acetylenes is 1. The quantitative estimate of drug-likeness (QED) is 0.362. The van der Waals surface area contributed by atoms with Gasteiger partial charge in [0.2, 0.25) is 6.34 Å². The van der Waals surface area contributed by atoms with Gasteiger partial charge in [-0.25, -0.2) is 4.90 Å². The predicted molar refractivity (Wildman–Crippen MR) is 70.9 cm³/mol. The molecule has 1 heterocycles. The Hall–Kier alpha value is -2.02. The molecular formula is C13H18N3O+. The monoisotopic (exact) mass is 232 g/mol. The maximum absolute atomic E-state index is 11.5. The average Bonchev–Trinajstić information content (AvgIpc) is 2.28. The summed E-state index contributed by atoms with van der Waals surface area (Å²) < 4.78 is 2.04. The van der Waals surface area contributed by atoms with Gasteiger partial charge in [-0.05, 0) is 13.8 Å². The third-order valence-corrected chi connectivity index (χ3v) is 2.62. The highest BCUT2D eigenvalue weighted by molar-refractivity contribution is 5.76. The van der Waals surface area contributed by atoms with Crippen molar-refractivity contribution in [1.29, 1.82) is 0 Å². The van der Waals surface area contributed by atoms with Crippen LogP contribution in [0.4, 0.5) is 5.69 Å². The van der Waals surface area contributed by atoms with Gasteiger partial charge in [-0.1, -0.05) is 5.92 Å². The van der Waals surface area contributed by atoms with E-state index in [-0.39, 0.29) is 5.56 Å². The van der Waals surface area contributed by atoms with Crippen LogP contribution in [0.2, 0.25) is 0 Å². The van der Waals surface area contributed by atoms with Crippen LogP contribution < -0.4 is 10.5 Å². The summed E-state index contributed by atoms with van der Waals surface area (Å²) in [6.45, 7) is 4.83. The standard InChI is InChI=1S/C13H17N3O/c1-6-11-8-12(10(3)14-13(11)17)16(5)9-15(4)7-2/h1,8-9H,7H2,2-5H3/p+1. The molecule has 0 atom stereocenters. The molecule has 0 spiro atoms. The number of rotatable bonds is 3. The van der Waals surface area contributed by atoms with Crippen LogP contribution in [0.15, 0.2) is 10.9 Å². The summed E-state index contributed by atoms with van der Waals surface area (Å²) in [6.07, 6.45) is 7.25. The highest BCUT2D eigenvalue weighted by Gasteiger charge is 2.12. The van der Waals surface area contributed by atoms with E-state index in [2.05, 4.69) is 17.8 Å². The third kappa shape index (κ3) is 2.97. The van der Waals surface area contributed by atoms with Crippen LogP contribution in [0.25, 0.3) is 0 Å². The lowest BCUT2D eigenvalue weighted by Crippen LogP contribution is -2.25. The van der Waals surface area contributed by atoms with Gasteiger partial charge in [0, 0.05) is 6.07 Å². The Labute approximate surface area is 102 Å². The van der Waals surface area contributed by atoms with Crippen LogP contribution in [-0.2, 0) is 0 Å². The fraction of sp³-hybridized carbons (Fsp3) is 0.385. The molecule has 0 unspecified atom stereocenters. The van der Waals surface area contributed by atoms with E-state index < -0.39 is 0 Å². The van der Waals surface area contributed by atoms with Crippen molar-refractivity contribution >= 4 is 12.0 Å². The first kappa shape index (κ1) is 13.0. The summed E-state index contributed by atoms with van der Waals surface area (Å²) >= 11 is 0. The SMILES string of the molecule is C#Cc1cc(N(C)C=[N+](C)CC)c(C)[nH]c1=O. The van der Waals surface area contributed by atoms with Gasteiger partial charge in [0.05, 0.1) is 31.9 Å².